The Kier molecular flexibility index (Phi) is 10.5. The molecule has 262 valence electrons. The summed E-state index contributed by atoms with van der Waals surface area (Å²) in [7, 11) is 1.32. The van der Waals surface area contributed by atoms with Crippen LogP contribution in [0.4, 0.5) is 0 Å². The summed E-state index contributed by atoms with van der Waals surface area (Å²) in [5, 5.41) is 4.98. The zero-order valence-electron chi connectivity index (χ0n) is 29.5. The number of carbonyl (C=O) groups excluding carboxylic acids is 2. The molecule has 0 N–H and O–H groups in total. The lowest BCUT2D eigenvalue weighted by molar-refractivity contribution is -0.140. The molecule has 1 aliphatic rings. The van der Waals surface area contributed by atoms with Crippen molar-refractivity contribution in [2.45, 2.75) is 47.1 Å². The molecule has 1 aliphatic heterocycles. The topological polar surface area (TPSA) is 114 Å². The van der Waals surface area contributed by atoms with Gasteiger partial charge < -0.3 is 14.2 Å². The van der Waals surface area contributed by atoms with E-state index >= 15 is 0 Å². The Balaban J connectivity index is 1.51. The van der Waals surface area contributed by atoms with Crippen molar-refractivity contribution in [2.75, 3.05) is 20.3 Å². The third kappa shape index (κ3) is 7.34. The van der Waals surface area contributed by atoms with Gasteiger partial charge in [0, 0.05) is 17.3 Å². The van der Waals surface area contributed by atoms with E-state index in [9.17, 15) is 14.4 Å². The fourth-order valence-electron chi connectivity index (χ4n) is 5.88. The molecular weight excluding hydrogens is 665 g/mol. The Hall–Kier alpha value is -5.55. The molecule has 0 bridgehead atoms. The zero-order chi connectivity index (χ0) is 36.2. The lowest BCUT2D eigenvalue weighted by atomic mass is 9.95. The first-order valence-corrected chi connectivity index (χ1v) is 17.7. The summed E-state index contributed by atoms with van der Waals surface area (Å²) < 4.78 is 20.2. The summed E-state index contributed by atoms with van der Waals surface area (Å²) in [5.41, 5.74) is 5.52. The van der Waals surface area contributed by atoms with Gasteiger partial charge in [0.05, 0.1) is 53.4 Å². The highest BCUT2D eigenvalue weighted by atomic mass is 32.1. The maximum atomic E-state index is 14.5. The summed E-state index contributed by atoms with van der Waals surface area (Å²) in [6.45, 7) is 10.6. The van der Waals surface area contributed by atoms with Crippen LogP contribution in [0, 0.1) is 12.8 Å². The van der Waals surface area contributed by atoms with Crippen molar-refractivity contribution < 1.29 is 23.8 Å². The van der Waals surface area contributed by atoms with Crippen LogP contribution < -0.4 is 19.6 Å². The van der Waals surface area contributed by atoms with E-state index in [0.29, 0.717) is 38.5 Å². The number of hydrogen-bond acceptors (Lipinski definition) is 9. The quantitative estimate of drug-likeness (QED) is 0.151. The van der Waals surface area contributed by atoms with Gasteiger partial charge in [0.15, 0.2) is 4.80 Å². The average Bonchev–Trinajstić information content (AvgIpc) is 3.69. The van der Waals surface area contributed by atoms with Gasteiger partial charge in [-0.25, -0.2) is 19.3 Å². The Morgan fingerprint density at radius 1 is 1.00 bits per heavy atom. The second kappa shape index (κ2) is 15.1. The number of fused-ring (bicyclic) bond motifs is 1. The van der Waals surface area contributed by atoms with Crippen molar-refractivity contribution in [2.24, 2.45) is 10.9 Å². The zero-order valence-corrected chi connectivity index (χ0v) is 30.3. The lowest BCUT2D eigenvalue weighted by Crippen LogP contribution is -2.40. The molecule has 0 spiro atoms. The van der Waals surface area contributed by atoms with Gasteiger partial charge in [-0.2, -0.15) is 5.10 Å². The molecule has 0 saturated carbocycles. The molecule has 3 heterocycles. The van der Waals surface area contributed by atoms with Gasteiger partial charge in [-0.05, 0) is 85.9 Å². The number of allylic oxidation sites excluding steroid dienone is 1. The highest BCUT2D eigenvalue weighted by molar-refractivity contribution is 7.07. The summed E-state index contributed by atoms with van der Waals surface area (Å²) >= 11 is 1.24. The number of methoxy groups -OCH3 is 1. The predicted molar refractivity (Wildman–Crippen MR) is 197 cm³/mol. The van der Waals surface area contributed by atoms with Gasteiger partial charge in [-0.15, -0.1) is 0 Å². The second-order valence-corrected chi connectivity index (χ2v) is 13.7. The highest BCUT2D eigenvalue weighted by Crippen LogP contribution is 2.32. The molecule has 1 unspecified atom stereocenters. The third-order valence-electron chi connectivity index (χ3n) is 8.40. The first kappa shape index (κ1) is 35.3. The number of aromatic nitrogens is 3. The van der Waals surface area contributed by atoms with Gasteiger partial charge in [0.1, 0.15) is 11.4 Å². The van der Waals surface area contributed by atoms with Crippen molar-refractivity contribution in [3.8, 4) is 22.7 Å². The van der Waals surface area contributed by atoms with Gasteiger partial charge >= 0.3 is 11.9 Å². The first-order chi connectivity index (χ1) is 24.6. The summed E-state index contributed by atoms with van der Waals surface area (Å²) in [6, 6.07) is 21.6. The van der Waals surface area contributed by atoms with Crippen molar-refractivity contribution in [3.05, 3.63) is 132 Å². The van der Waals surface area contributed by atoms with E-state index in [2.05, 4.69) is 6.92 Å². The Morgan fingerprint density at radius 2 is 1.75 bits per heavy atom. The van der Waals surface area contributed by atoms with Crippen LogP contribution >= 0.6 is 11.3 Å². The highest BCUT2D eigenvalue weighted by Gasteiger charge is 2.34. The molecule has 0 amide bonds. The van der Waals surface area contributed by atoms with E-state index < -0.39 is 18.0 Å². The van der Waals surface area contributed by atoms with E-state index in [-0.39, 0.29) is 23.7 Å². The number of benzene rings is 3. The van der Waals surface area contributed by atoms with Crippen LogP contribution in [0.3, 0.4) is 0 Å². The molecule has 0 radical (unpaired) electrons. The molecule has 0 fully saturated rings. The number of aryl methyl sites for hydroxylation is 1. The lowest BCUT2D eigenvalue weighted by Gasteiger charge is -2.25. The molecular formula is C40H40N4O6S. The normalized spacial score (nSPS) is 14.3. The smallest absolute Gasteiger partial charge is 0.338 e. The van der Waals surface area contributed by atoms with Crippen molar-refractivity contribution in [1.82, 2.24) is 14.3 Å². The maximum absolute atomic E-state index is 14.5. The number of nitrogens with zero attached hydrogens (tertiary/aromatic N) is 4. The largest absolute Gasteiger partial charge is 0.493 e. The van der Waals surface area contributed by atoms with Crippen LogP contribution in [-0.2, 0) is 14.3 Å². The number of ether oxygens (including phenoxy) is 3. The van der Waals surface area contributed by atoms with Crippen LogP contribution in [0.2, 0.25) is 0 Å². The Labute approximate surface area is 300 Å². The maximum Gasteiger partial charge on any atom is 0.338 e. The molecule has 1 atom stereocenters. The molecule has 6 rings (SSSR count). The number of hydrogen-bond donors (Lipinski definition) is 0. The molecule has 0 aliphatic carbocycles. The Morgan fingerprint density at radius 3 is 2.41 bits per heavy atom. The van der Waals surface area contributed by atoms with Crippen LogP contribution in [0.5, 0.6) is 5.75 Å². The second-order valence-electron chi connectivity index (χ2n) is 12.7. The van der Waals surface area contributed by atoms with Crippen LogP contribution in [0.1, 0.15) is 67.2 Å². The van der Waals surface area contributed by atoms with Gasteiger partial charge in [0.25, 0.3) is 5.56 Å². The fourth-order valence-corrected chi connectivity index (χ4v) is 6.92. The minimum atomic E-state index is -0.834. The van der Waals surface area contributed by atoms with Crippen LogP contribution in [-0.4, -0.2) is 46.6 Å². The molecule has 51 heavy (non-hydrogen) atoms. The number of para-hydroxylation sites is 1. The summed E-state index contributed by atoms with van der Waals surface area (Å²) in [4.78, 5) is 45.5. The van der Waals surface area contributed by atoms with E-state index in [1.807, 2.05) is 81.6 Å². The van der Waals surface area contributed by atoms with Crippen molar-refractivity contribution in [3.63, 3.8) is 0 Å². The number of esters is 2. The monoisotopic (exact) mass is 704 g/mol. The minimum Gasteiger partial charge on any atom is -0.493 e. The average molecular weight is 705 g/mol. The van der Waals surface area contributed by atoms with E-state index in [1.54, 1.807) is 35.9 Å². The van der Waals surface area contributed by atoms with Gasteiger partial charge in [0.2, 0.25) is 0 Å². The number of rotatable bonds is 11. The van der Waals surface area contributed by atoms with Crippen LogP contribution in [0.15, 0.2) is 100 Å². The van der Waals surface area contributed by atoms with Gasteiger partial charge in [-0.1, -0.05) is 62.4 Å². The van der Waals surface area contributed by atoms with E-state index in [0.717, 1.165) is 34.5 Å². The van der Waals surface area contributed by atoms with Crippen molar-refractivity contribution >= 4 is 29.4 Å². The standard InChI is InChI=1S/C40H40N4O6S/c1-7-19-49-32-18-17-29(20-25(32)4)35-30(22-43(42-35)31-11-9-8-10-12-31)21-33-37(45)44-36(27-13-15-28(16-14-27)38(46)48-6)34(26(5)41-40(44)51-33)39(47)50-23-24(2)3/h8-18,20-22,24,36H,7,19,23H2,1-6H3. The van der Waals surface area contributed by atoms with Crippen molar-refractivity contribution in [1.29, 1.82) is 0 Å². The summed E-state index contributed by atoms with van der Waals surface area (Å²) in [5.74, 6) is -0.104. The first-order valence-electron chi connectivity index (χ1n) is 16.9. The predicted octanol–water partition coefficient (Wildman–Crippen LogP) is 6.17. The van der Waals surface area contributed by atoms with E-state index in [4.69, 9.17) is 24.3 Å². The Bertz CT molecular complexity index is 2300. The molecule has 11 heteroatoms. The summed E-state index contributed by atoms with van der Waals surface area (Å²) in [6.07, 6.45) is 4.64. The van der Waals surface area contributed by atoms with Gasteiger partial charge in [-0.3, -0.25) is 9.36 Å². The molecule has 5 aromatic rings. The molecule has 10 nitrogen and oxygen atoms in total. The SMILES string of the molecule is CCCOc1ccc(-c2nn(-c3ccccc3)cc2C=c2sc3n(c2=O)C(c2ccc(C(=O)OC)cc2)C(C(=O)OCC(C)C)=C(C)N=3)cc1C. The minimum absolute atomic E-state index is 0.115. The molecule has 3 aromatic carbocycles. The fraction of sp³-hybridized carbons (Fsp3) is 0.275. The third-order valence-corrected chi connectivity index (χ3v) is 9.38. The number of thiazole rings is 1. The molecule has 2 aromatic heterocycles. The van der Waals surface area contributed by atoms with Crippen LogP contribution in [0.25, 0.3) is 23.0 Å². The number of carbonyl (C=O) groups is 2. The van der Waals surface area contributed by atoms with E-state index in [1.165, 1.54) is 23.0 Å². The molecule has 0 saturated heterocycles.